The number of pyridine rings is 2. The monoisotopic (exact) mass is 1230 g/mol. The number of likely N-dealkylation sites (N-methyl/N-ethyl adjacent to an activating group) is 2. The highest BCUT2D eigenvalue weighted by Crippen LogP contribution is 2.35. The van der Waals surface area contributed by atoms with Gasteiger partial charge in [-0.05, 0) is 137 Å². The molecule has 88 heavy (non-hydrogen) atoms. The van der Waals surface area contributed by atoms with Crippen LogP contribution in [0.5, 0.6) is 0 Å². The van der Waals surface area contributed by atoms with Crippen molar-refractivity contribution in [1.29, 1.82) is 0 Å². The summed E-state index contributed by atoms with van der Waals surface area (Å²) in [4.78, 5) is 77.8. The van der Waals surface area contributed by atoms with Gasteiger partial charge in [0.1, 0.15) is 5.60 Å². The maximum absolute atomic E-state index is 13.6. The molecular weight excluding hydrogens is 1150 g/mol. The summed E-state index contributed by atoms with van der Waals surface area (Å²) < 4.78 is 5.84. The Kier molecular flexibility index (Phi) is 23.2. The van der Waals surface area contributed by atoms with Crippen LogP contribution in [0.4, 0.5) is 28.1 Å². The van der Waals surface area contributed by atoms with Crippen LogP contribution in [0, 0.1) is 0 Å². The van der Waals surface area contributed by atoms with Crippen LogP contribution in [0.2, 0.25) is 10.0 Å². The Hall–Kier alpha value is -8.27. The van der Waals surface area contributed by atoms with Crippen molar-refractivity contribution in [3.8, 4) is 22.5 Å². The van der Waals surface area contributed by atoms with E-state index in [1.54, 1.807) is 47.9 Å². The normalized spacial score (nSPS) is 16.9. The lowest BCUT2D eigenvalue weighted by atomic mass is 9.90. The third-order valence-corrected chi connectivity index (χ3v) is 15.4. The van der Waals surface area contributed by atoms with E-state index in [0.29, 0.717) is 76.8 Å². The minimum absolute atomic E-state index is 0. The fourth-order valence-corrected chi connectivity index (χ4v) is 11.0. The van der Waals surface area contributed by atoms with E-state index in [-0.39, 0.29) is 43.9 Å². The highest BCUT2D eigenvalue weighted by atomic mass is 35.5. The van der Waals surface area contributed by atoms with Crippen LogP contribution in [-0.4, -0.2) is 144 Å². The first kappa shape index (κ1) is 65.7. The van der Waals surface area contributed by atoms with Crippen LogP contribution >= 0.6 is 23.2 Å². The third kappa shape index (κ3) is 18.9. The van der Waals surface area contributed by atoms with E-state index in [9.17, 15) is 14.4 Å². The van der Waals surface area contributed by atoms with Crippen LogP contribution in [-0.2, 0) is 27.4 Å². The van der Waals surface area contributed by atoms with Gasteiger partial charge in [0.15, 0.2) is 0 Å². The molecule has 22 heteroatoms. The van der Waals surface area contributed by atoms with Gasteiger partial charge in [-0.25, -0.2) is 24.7 Å². The van der Waals surface area contributed by atoms with Gasteiger partial charge in [-0.1, -0.05) is 79.2 Å². The molecule has 2 aliphatic carbocycles. The summed E-state index contributed by atoms with van der Waals surface area (Å²) >= 11 is 13.1. The number of amides is 3. The van der Waals surface area contributed by atoms with Gasteiger partial charge in [-0.3, -0.25) is 24.5 Å². The van der Waals surface area contributed by atoms with Crippen LogP contribution < -0.4 is 26.6 Å². The topological polar surface area (TPSA) is 239 Å². The fraction of sp³-hybridized carbons (Fsp3) is 0.379. The summed E-state index contributed by atoms with van der Waals surface area (Å²) in [5.74, 6) is 0.690. The molecule has 3 amide bonds. The Morgan fingerprint density at radius 1 is 0.625 bits per heavy atom. The number of carbonyl (C=O) groups excluding carboxylic acids is 3. The molecule has 2 aromatic carbocycles. The summed E-state index contributed by atoms with van der Waals surface area (Å²) in [5, 5.41) is 19.5. The highest BCUT2D eigenvalue weighted by molar-refractivity contribution is 6.33. The smallest absolute Gasteiger partial charge is 0.410 e. The zero-order chi connectivity index (χ0) is 61.5. The molecule has 6 aromatic heterocycles. The molecule has 1 unspecified atom stereocenters. The first-order chi connectivity index (χ1) is 41.9. The molecule has 2 fully saturated rings. The highest BCUT2D eigenvalue weighted by Gasteiger charge is 2.34. The summed E-state index contributed by atoms with van der Waals surface area (Å²) in [6.07, 6.45) is 24.3. The largest absolute Gasteiger partial charge is 0.444 e. The fourth-order valence-electron chi connectivity index (χ4n) is 10.6. The van der Waals surface area contributed by atoms with Crippen LogP contribution in [0.15, 0.2) is 134 Å². The van der Waals surface area contributed by atoms with Crippen molar-refractivity contribution in [3.05, 3.63) is 156 Å². The van der Waals surface area contributed by atoms with Gasteiger partial charge in [0.25, 0.3) is 0 Å². The van der Waals surface area contributed by atoms with Gasteiger partial charge < -0.3 is 51.1 Å². The number of anilines is 4. The van der Waals surface area contributed by atoms with Gasteiger partial charge in [-0.2, -0.15) is 0 Å². The number of nitrogens with one attached hydrogen (secondary N) is 7. The van der Waals surface area contributed by atoms with Crippen molar-refractivity contribution in [1.82, 2.24) is 59.9 Å². The molecule has 2 saturated carbocycles. The number of hydrogen-bond acceptors (Lipinski definition) is 15. The van der Waals surface area contributed by atoms with Crippen LogP contribution in [0.3, 0.4) is 0 Å². The lowest BCUT2D eigenvalue weighted by Crippen LogP contribution is -2.47. The predicted molar refractivity (Wildman–Crippen MR) is 354 cm³/mol. The Bertz CT molecular complexity index is 3660. The average molecular weight is 1230 g/mol. The Morgan fingerprint density at radius 2 is 1.11 bits per heavy atom. The quantitative estimate of drug-likeness (QED) is 0.0351. The van der Waals surface area contributed by atoms with E-state index >= 15 is 0 Å². The average Bonchev–Trinajstić information content (AvgIpc) is 3.51. The maximum Gasteiger partial charge on any atom is 0.410 e. The van der Waals surface area contributed by atoms with Gasteiger partial charge >= 0.3 is 6.09 Å². The van der Waals surface area contributed by atoms with Gasteiger partial charge in [0, 0.05) is 101 Å². The van der Waals surface area contributed by atoms with E-state index in [2.05, 4.69) is 62.6 Å². The first-order valence-corrected chi connectivity index (χ1v) is 30.2. The first-order valence-electron chi connectivity index (χ1n) is 29.5. The number of H-pyrrole nitrogens is 2. The van der Waals surface area contributed by atoms with Crippen molar-refractivity contribution in [2.75, 3.05) is 62.5 Å². The number of halogens is 2. The molecule has 464 valence electrons. The SMILES string of the molecule is C.CN(C)C/C=C/C(=O)Nc1ccc(CN(C(=O)OC(C)(C)C)C2CCC[C@@H](Nc3ncc(Cl)c(-c4c[nH]c5ccccc45)n3)C2)nc1.CN(C)C/C=C/C(=O)Nc1ccc(CN[C@H]2CCC[C@@H](Nc3ncc(Cl)c(-c4c[nH]c5ccccc45)n3)C2)nc1. The van der Waals surface area contributed by atoms with Crippen molar-refractivity contribution >= 4 is 86.2 Å². The second kappa shape index (κ2) is 31.1. The predicted octanol–water partition coefficient (Wildman–Crippen LogP) is 12.8. The van der Waals surface area contributed by atoms with E-state index in [4.69, 9.17) is 37.9 Å². The Balaban J connectivity index is 0.000000228. The second-order valence-corrected chi connectivity index (χ2v) is 24.3. The van der Waals surface area contributed by atoms with Gasteiger partial charge in [-0.15, -0.1) is 0 Å². The lowest BCUT2D eigenvalue weighted by molar-refractivity contribution is -0.112. The molecule has 0 spiro atoms. The molecule has 6 heterocycles. The number of aromatic amines is 2. The second-order valence-electron chi connectivity index (χ2n) is 23.5. The number of nitrogens with zero attached hydrogens (tertiary/aromatic N) is 9. The number of aromatic nitrogens is 8. The molecule has 0 radical (unpaired) electrons. The van der Waals surface area contributed by atoms with Crippen molar-refractivity contribution in [2.45, 2.75) is 122 Å². The molecular formula is C66H82Cl2N16O4. The third-order valence-electron chi connectivity index (χ3n) is 14.8. The number of ether oxygens (including phenoxy) is 1. The molecule has 0 bridgehead atoms. The van der Waals surface area contributed by atoms with E-state index < -0.39 is 11.7 Å². The zero-order valence-corrected chi connectivity index (χ0v) is 51.9. The molecule has 0 aliphatic heterocycles. The van der Waals surface area contributed by atoms with Gasteiger partial charge in [0.2, 0.25) is 23.7 Å². The number of carbonyl (C=O) groups is 3. The van der Waals surface area contributed by atoms with E-state index in [1.165, 1.54) is 6.08 Å². The van der Waals surface area contributed by atoms with E-state index in [0.717, 1.165) is 89.3 Å². The number of benzene rings is 2. The molecule has 20 nitrogen and oxygen atoms in total. The van der Waals surface area contributed by atoms with E-state index in [1.807, 2.05) is 138 Å². The Morgan fingerprint density at radius 3 is 1.61 bits per heavy atom. The summed E-state index contributed by atoms with van der Waals surface area (Å²) in [5.41, 5.74) is 7.53. The van der Waals surface area contributed by atoms with Crippen LogP contribution in [0.1, 0.15) is 91.0 Å². The Labute approximate surface area is 525 Å². The standard InChI is InChI=1S/C35H43ClN8O3.C30H35ClN8O.CH4/c1-35(2,3)47-34(46)44(22-25-16-15-24(19-37-25)40-31(45)14-9-17-43(4)5)26-11-8-10-23(18-26)41-33-39-21-29(36)32(42-33)28-20-38-30-13-7-6-12-27(28)30;1-39(2)14-6-11-28(40)36-23-13-12-22(33-17-23)16-32-20-7-5-8-21(15-20)37-30-35-19-26(31)29(38-30)25-18-34-27-10-4-3-9-24(25)27;/h6-7,9,12-16,19-21,23,26,38H,8,10-11,17-18,22H2,1-5H3,(H,40,45)(H,39,41,42);3-4,6,9-13,17-21,32,34H,5,7-8,14-16H2,1-2H3,(H,36,40)(H,35,37,38);1H4/b14-9+;11-6+;/t23-,26?;20-,21+;/m10./s1. The number of rotatable bonds is 20. The summed E-state index contributed by atoms with van der Waals surface area (Å²) in [7, 11) is 7.79. The van der Waals surface area contributed by atoms with Crippen LogP contribution in [0.25, 0.3) is 44.3 Å². The van der Waals surface area contributed by atoms with Crippen molar-refractivity contribution < 1.29 is 19.1 Å². The number of hydrogen-bond donors (Lipinski definition) is 7. The molecule has 8 aromatic rings. The van der Waals surface area contributed by atoms with Gasteiger partial charge in [0.05, 0.1) is 75.5 Å². The van der Waals surface area contributed by atoms with Crippen molar-refractivity contribution in [2.24, 2.45) is 0 Å². The number of para-hydroxylation sites is 2. The molecule has 0 saturated heterocycles. The minimum atomic E-state index is -0.654. The lowest BCUT2D eigenvalue weighted by Gasteiger charge is -2.38. The molecule has 4 atom stereocenters. The summed E-state index contributed by atoms with van der Waals surface area (Å²) in [6, 6.07) is 24.1. The number of fused-ring (bicyclic) bond motifs is 2. The molecule has 2 aliphatic rings. The molecule has 10 rings (SSSR count). The maximum atomic E-state index is 13.6. The zero-order valence-electron chi connectivity index (χ0n) is 50.4. The summed E-state index contributed by atoms with van der Waals surface area (Å²) in [6.45, 7) is 7.90. The molecule has 7 N–H and O–H groups in total. The minimum Gasteiger partial charge on any atom is -0.444 e. The van der Waals surface area contributed by atoms with Crippen molar-refractivity contribution in [3.63, 3.8) is 0 Å².